The summed E-state index contributed by atoms with van der Waals surface area (Å²) in [5.74, 6) is -0.0882. The van der Waals surface area contributed by atoms with Crippen LogP contribution < -0.4 is 5.32 Å². The van der Waals surface area contributed by atoms with Crippen molar-refractivity contribution < 1.29 is 9.90 Å². The molecule has 4 nitrogen and oxygen atoms in total. The summed E-state index contributed by atoms with van der Waals surface area (Å²) in [6, 6.07) is 2.08. The van der Waals surface area contributed by atoms with E-state index in [4.69, 9.17) is 5.11 Å². The number of halogens is 1. The number of carbonyl (C=O) groups excluding carboxylic acids is 1. The summed E-state index contributed by atoms with van der Waals surface area (Å²) in [5.41, 5.74) is 0.647. The Morgan fingerprint density at radius 2 is 2.22 bits per heavy atom. The molecule has 1 rings (SSSR count). The number of carbonyl (C=O) groups is 1. The Balaban J connectivity index is 2.83. The molecule has 0 aromatic carbocycles. The number of nitrogens with one attached hydrogen (secondary N) is 1. The van der Waals surface area contributed by atoms with Crippen molar-refractivity contribution >= 4 is 21.8 Å². The molecule has 0 fully saturated rings. The third-order valence-corrected chi connectivity index (χ3v) is 3.34. The van der Waals surface area contributed by atoms with Gasteiger partial charge in [0.05, 0.1) is 0 Å². The highest BCUT2D eigenvalue weighted by Gasteiger charge is 2.17. The van der Waals surface area contributed by atoms with Gasteiger partial charge in [-0.2, -0.15) is 0 Å². The standard InChI is InChI=1S/C13H21BrN2O2/c1-4-11(5-6-17)15-13(18)12-7-10(14)8-16(12)9(2)3/h7-9,11,17H,4-6H2,1-3H3,(H,15,18). The summed E-state index contributed by atoms with van der Waals surface area (Å²) in [7, 11) is 0. The molecule has 1 unspecified atom stereocenters. The Hall–Kier alpha value is -0.810. The molecule has 0 saturated carbocycles. The van der Waals surface area contributed by atoms with Crippen molar-refractivity contribution in [2.24, 2.45) is 0 Å². The van der Waals surface area contributed by atoms with Crippen LogP contribution >= 0.6 is 15.9 Å². The van der Waals surface area contributed by atoms with E-state index in [1.807, 2.05) is 37.6 Å². The van der Waals surface area contributed by atoms with Gasteiger partial charge < -0.3 is 15.0 Å². The molecule has 1 atom stereocenters. The fraction of sp³-hybridized carbons (Fsp3) is 0.615. The highest BCUT2D eigenvalue weighted by atomic mass is 79.9. The van der Waals surface area contributed by atoms with Crippen molar-refractivity contribution in [1.82, 2.24) is 9.88 Å². The Bertz CT molecular complexity index is 402. The van der Waals surface area contributed by atoms with Crippen molar-refractivity contribution in [2.75, 3.05) is 6.61 Å². The lowest BCUT2D eigenvalue weighted by Crippen LogP contribution is -2.36. The molecule has 2 N–H and O–H groups in total. The average Bonchev–Trinajstić information content (AvgIpc) is 2.71. The molecule has 1 heterocycles. The topological polar surface area (TPSA) is 54.3 Å². The zero-order valence-corrected chi connectivity index (χ0v) is 12.7. The van der Waals surface area contributed by atoms with Crippen LogP contribution in [0.1, 0.15) is 50.1 Å². The minimum absolute atomic E-state index is 0.0248. The summed E-state index contributed by atoms with van der Waals surface area (Å²) < 4.78 is 2.84. The maximum absolute atomic E-state index is 12.2. The SMILES string of the molecule is CCC(CCO)NC(=O)c1cc(Br)cn1C(C)C. The van der Waals surface area contributed by atoms with E-state index in [1.165, 1.54) is 0 Å². The molecule has 5 heteroatoms. The molecular weight excluding hydrogens is 296 g/mol. The number of rotatable bonds is 6. The molecule has 0 spiro atoms. The largest absolute Gasteiger partial charge is 0.396 e. The van der Waals surface area contributed by atoms with Gasteiger partial charge in [0.2, 0.25) is 0 Å². The summed E-state index contributed by atoms with van der Waals surface area (Å²) >= 11 is 3.39. The van der Waals surface area contributed by atoms with Crippen LogP contribution in [0.5, 0.6) is 0 Å². The molecule has 0 aliphatic rings. The second-order valence-electron chi connectivity index (χ2n) is 4.64. The summed E-state index contributed by atoms with van der Waals surface area (Å²) in [4.78, 5) is 12.2. The van der Waals surface area contributed by atoms with Crippen LogP contribution in [-0.4, -0.2) is 28.2 Å². The second kappa shape index (κ2) is 6.95. The van der Waals surface area contributed by atoms with Gasteiger partial charge in [-0.05, 0) is 48.7 Å². The molecule has 0 saturated heterocycles. The Morgan fingerprint density at radius 1 is 1.56 bits per heavy atom. The van der Waals surface area contributed by atoms with Crippen LogP contribution in [0, 0.1) is 0 Å². The van der Waals surface area contributed by atoms with E-state index in [0.29, 0.717) is 12.1 Å². The molecular formula is C13H21BrN2O2. The van der Waals surface area contributed by atoms with E-state index in [-0.39, 0.29) is 24.6 Å². The summed E-state index contributed by atoms with van der Waals surface area (Å²) in [6.45, 7) is 6.16. The van der Waals surface area contributed by atoms with E-state index < -0.39 is 0 Å². The molecule has 18 heavy (non-hydrogen) atoms. The number of aliphatic hydroxyl groups excluding tert-OH is 1. The first-order valence-electron chi connectivity index (χ1n) is 6.28. The van der Waals surface area contributed by atoms with Crippen molar-refractivity contribution in [3.63, 3.8) is 0 Å². The fourth-order valence-electron chi connectivity index (χ4n) is 1.85. The Morgan fingerprint density at radius 3 is 2.72 bits per heavy atom. The van der Waals surface area contributed by atoms with Crippen molar-refractivity contribution in [1.29, 1.82) is 0 Å². The van der Waals surface area contributed by atoms with Gasteiger partial charge in [0, 0.05) is 29.4 Å². The minimum atomic E-state index is -0.0882. The average molecular weight is 317 g/mol. The van der Waals surface area contributed by atoms with Gasteiger partial charge in [-0.3, -0.25) is 4.79 Å². The van der Waals surface area contributed by atoms with E-state index in [9.17, 15) is 4.79 Å². The first-order chi connectivity index (χ1) is 8.49. The highest BCUT2D eigenvalue weighted by Crippen LogP contribution is 2.19. The number of amides is 1. The number of aromatic nitrogens is 1. The van der Waals surface area contributed by atoms with E-state index in [1.54, 1.807) is 0 Å². The highest BCUT2D eigenvalue weighted by molar-refractivity contribution is 9.10. The van der Waals surface area contributed by atoms with Gasteiger partial charge in [-0.1, -0.05) is 6.92 Å². The number of hydrogen-bond donors (Lipinski definition) is 2. The van der Waals surface area contributed by atoms with Crippen LogP contribution in [0.4, 0.5) is 0 Å². The van der Waals surface area contributed by atoms with Crippen LogP contribution in [-0.2, 0) is 0 Å². The van der Waals surface area contributed by atoms with E-state index in [2.05, 4.69) is 21.2 Å². The van der Waals surface area contributed by atoms with Gasteiger partial charge in [0.25, 0.3) is 5.91 Å². The normalized spacial score (nSPS) is 12.8. The predicted octanol–water partition coefficient (Wildman–Crippen LogP) is 2.72. The van der Waals surface area contributed by atoms with Crippen LogP contribution in [0.25, 0.3) is 0 Å². The van der Waals surface area contributed by atoms with Crippen molar-refractivity contribution in [3.05, 3.63) is 22.4 Å². The maximum Gasteiger partial charge on any atom is 0.268 e. The van der Waals surface area contributed by atoms with Crippen LogP contribution in [0.15, 0.2) is 16.7 Å². The fourth-order valence-corrected chi connectivity index (χ4v) is 2.29. The van der Waals surface area contributed by atoms with Gasteiger partial charge in [-0.15, -0.1) is 0 Å². The Labute approximate surface area is 117 Å². The maximum atomic E-state index is 12.2. The lowest BCUT2D eigenvalue weighted by molar-refractivity contribution is 0.0918. The molecule has 0 bridgehead atoms. The van der Waals surface area contributed by atoms with Gasteiger partial charge >= 0.3 is 0 Å². The summed E-state index contributed by atoms with van der Waals surface area (Å²) in [5, 5.41) is 11.9. The van der Waals surface area contributed by atoms with Crippen LogP contribution in [0.3, 0.4) is 0 Å². The first kappa shape index (κ1) is 15.2. The number of aliphatic hydroxyl groups is 1. The smallest absolute Gasteiger partial charge is 0.268 e. The van der Waals surface area contributed by atoms with Gasteiger partial charge in [-0.25, -0.2) is 0 Å². The van der Waals surface area contributed by atoms with E-state index >= 15 is 0 Å². The Kier molecular flexibility index (Phi) is 5.88. The van der Waals surface area contributed by atoms with E-state index in [0.717, 1.165) is 10.9 Å². The predicted molar refractivity (Wildman–Crippen MR) is 75.8 cm³/mol. The molecule has 0 radical (unpaired) electrons. The molecule has 1 amide bonds. The number of nitrogens with zero attached hydrogens (tertiary/aromatic N) is 1. The molecule has 0 aliphatic heterocycles. The molecule has 102 valence electrons. The molecule has 1 aromatic heterocycles. The minimum Gasteiger partial charge on any atom is -0.396 e. The third-order valence-electron chi connectivity index (χ3n) is 2.91. The van der Waals surface area contributed by atoms with Crippen molar-refractivity contribution in [3.8, 4) is 0 Å². The van der Waals surface area contributed by atoms with Crippen molar-refractivity contribution in [2.45, 2.75) is 45.7 Å². The van der Waals surface area contributed by atoms with Gasteiger partial charge in [0.1, 0.15) is 5.69 Å². The third kappa shape index (κ3) is 3.85. The zero-order chi connectivity index (χ0) is 13.7. The van der Waals surface area contributed by atoms with Crippen LogP contribution in [0.2, 0.25) is 0 Å². The lowest BCUT2D eigenvalue weighted by Gasteiger charge is -2.18. The van der Waals surface area contributed by atoms with Gasteiger partial charge in [0.15, 0.2) is 0 Å². The summed E-state index contributed by atoms with van der Waals surface area (Å²) in [6.07, 6.45) is 3.31. The zero-order valence-electron chi connectivity index (χ0n) is 11.1. The second-order valence-corrected chi connectivity index (χ2v) is 5.55. The molecule has 1 aromatic rings. The quantitative estimate of drug-likeness (QED) is 0.847. The molecule has 0 aliphatic carbocycles. The monoisotopic (exact) mass is 316 g/mol. The number of hydrogen-bond acceptors (Lipinski definition) is 2. The lowest BCUT2D eigenvalue weighted by atomic mass is 10.1. The first-order valence-corrected chi connectivity index (χ1v) is 7.08.